The van der Waals surface area contributed by atoms with Gasteiger partial charge in [0, 0.05) is 48.6 Å². The molecule has 0 aliphatic carbocycles. The number of anilines is 1. The number of carbonyl (C=O) groups is 2. The molecule has 5 rings (SSSR count). The van der Waals surface area contributed by atoms with Crippen molar-refractivity contribution in [1.82, 2.24) is 14.8 Å². The van der Waals surface area contributed by atoms with Gasteiger partial charge in [0.05, 0.1) is 12.8 Å². The average Bonchev–Trinajstić information content (AvgIpc) is 3.32. The second-order valence-corrected chi connectivity index (χ2v) is 8.37. The molecule has 2 unspecified atom stereocenters. The Morgan fingerprint density at radius 1 is 1.00 bits per heavy atom. The molecule has 1 fully saturated rings. The van der Waals surface area contributed by atoms with E-state index in [2.05, 4.69) is 10.6 Å². The van der Waals surface area contributed by atoms with Crippen molar-refractivity contribution < 1.29 is 14.0 Å². The van der Waals surface area contributed by atoms with E-state index in [0.717, 1.165) is 12.1 Å². The molecule has 0 radical (unpaired) electrons. The van der Waals surface area contributed by atoms with E-state index < -0.39 is 0 Å². The largest absolute Gasteiger partial charge is 0.467 e. The summed E-state index contributed by atoms with van der Waals surface area (Å²) in [7, 11) is 0. The van der Waals surface area contributed by atoms with Crippen LogP contribution >= 0.6 is 0 Å². The summed E-state index contributed by atoms with van der Waals surface area (Å²) in [5, 5.41) is 5.72. The second kappa shape index (κ2) is 8.37. The first-order valence-corrected chi connectivity index (χ1v) is 10.7. The molecule has 2 aliphatic heterocycles. The minimum absolute atomic E-state index is 0.0309. The Morgan fingerprint density at radius 3 is 2.62 bits per heavy atom. The number of piperidine rings is 1. The molecule has 1 saturated heterocycles. The lowest BCUT2D eigenvalue weighted by molar-refractivity contribution is 0.0948. The van der Waals surface area contributed by atoms with Gasteiger partial charge in [0.25, 0.3) is 11.5 Å². The number of carbonyl (C=O) groups excluding carboxylic acids is 2. The third-order valence-corrected chi connectivity index (χ3v) is 6.17. The average molecular weight is 432 g/mol. The minimum atomic E-state index is -0.211. The Morgan fingerprint density at radius 2 is 1.84 bits per heavy atom. The van der Waals surface area contributed by atoms with E-state index in [1.54, 1.807) is 54.8 Å². The molecule has 4 heterocycles. The Kier molecular flexibility index (Phi) is 5.26. The molecule has 1 aromatic carbocycles. The normalized spacial score (nSPS) is 19.2. The van der Waals surface area contributed by atoms with Crippen molar-refractivity contribution >= 4 is 17.6 Å². The molecule has 2 aliphatic rings. The van der Waals surface area contributed by atoms with E-state index in [9.17, 15) is 14.4 Å². The maximum Gasteiger partial charge on any atom is 0.321 e. The van der Waals surface area contributed by atoms with Gasteiger partial charge in [-0.1, -0.05) is 6.07 Å². The van der Waals surface area contributed by atoms with Gasteiger partial charge in [-0.05, 0) is 54.8 Å². The van der Waals surface area contributed by atoms with E-state index in [0.29, 0.717) is 43.2 Å². The molecule has 2 aromatic heterocycles. The zero-order valence-electron chi connectivity index (χ0n) is 17.5. The van der Waals surface area contributed by atoms with Gasteiger partial charge in [-0.2, -0.15) is 0 Å². The highest BCUT2D eigenvalue weighted by molar-refractivity contribution is 5.95. The van der Waals surface area contributed by atoms with Crippen LogP contribution in [0.3, 0.4) is 0 Å². The highest BCUT2D eigenvalue weighted by Gasteiger charge is 2.36. The molecule has 3 amide bonds. The fourth-order valence-corrected chi connectivity index (χ4v) is 4.65. The molecule has 32 heavy (non-hydrogen) atoms. The maximum absolute atomic E-state index is 12.9. The summed E-state index contributed by atoms with van der Waals surface area (Å²) < 4.78 is 7.06. The standard InChI is InChI=1S/C24H24N4O4/c29-22-5-1-4-21-18-11-16(14-28(21)22)13-27(15-18)24(31)26-19-8-6-17(7-9-19)23(30)25-12-20-3-2-10-32-20/h1-10,16,18H,11-15H2,(H,25,30)(H,26,31). The summed E-state index contributed by atoms with van der Waals surface area (Å²) in [6, 6.07) is 15.6. The molecule has 3 aromatic rings. The number of nitrogens with zero attached hydrogens (tertiary/aromatic N) is 2. The number of benzene rings is 1. The van der Waals surface area contributed by atoms with Crippen LogP contribution in [-0.4, -0.2) is 34.5 Å². The topological polar surface area (TPSA) is 96.6 Å². The van der Waals surface area contributed by atoms with Crippen LogP contribution in [0.15, 0.2) is 70.1 Å². The van der Waals surface area contributed by atoms with Crippen molar-refractivity contribution in [3.63, 3.8) is 0 Å². The number of likely N-dealkylation sites (tertiary alicyclic amines) is 1. The number of hydrogen-bond donors (Lipinski definition) is 2. The number of rotatable bonds is 4. The lowest BCUT2D eigenvalue weighted by Crippen LogP contribution is -2.50. The molecular weight excluding hydrogens is 408 g/mol. The van der Waals surface area contributed by atoms with Crippen molar-refractivity contribution in [2.75, 3.05) is 18.4 Å². The van der Waals surface area contributed by atoms with Gasteiger partial charge in [0.15, 0.2) is 0 Å². The summed E-state index contributed by atoms with van der Waals surface area (Å²) >= 11 is 0. The van der Waals surface area contributed by atoms with Gasteiger partial charge in [-0.3, -0.25) is 9.59 Å². The van der Waals surface area contributed by atoms with Crippen molar-refractivity contribution in [1.29, 1.82) is 0 Å². The number of nitrogens with one attached hydrogen (secondary N) is 2. The SMILES string of the molecule is O=C(NCc1ccco1)c1ccc(NC(=O)N2CC3CC(C2)c2cccc(=O)n2C3)cc1. The number of urea groups is 1. The van der Waals surface area contributed by atoms with Gasteiger partial charge in [0.1, 0.15) is 5.76 Å². The monoisotopic (exact) mass is 432 g/mol. The number of hydrogen-bond acceptors (Lipinski definition) is 4. The van der Waals surface area contributed by atoms with Crippen LogP contribution in [0.4, 0.5) is 10.5 Å². The molecule has 8 heteroatoms. The molecule has 2 bridgehead atoms. The molecule has 2 atom stereocenters. The van der Waals surface area contributed by atoms with E-state index in [1.807, 2.05) is 15.5 Å². The Labute approximate surface area is 184 Å². The third kappa shape index (κ3) is 4.03. The second-order valence-electron chi connectivity index (χ2n) is 8.37. The van der Waals surface area contributed by atoms with E-state index in [1.165, 1.54) is 0 Å². The first-order valence-electron chi connectivity index (χ1n) is 10.7. The third-order valence-electron chi connectivity index (χ3n) is 6.17. The predicted molar refractivity (Wildman–Crippen MR) is 118 cm³/mol. The van der Waals surface area contributed by atoms with Crippen molar-refractivity contribution in [2.24, 2.45) is 5.92 Å². The van der Waals surface area contributed by atoms with Crippen LogP contribution in [0.2, 0.25) is 0 Å². The fourth-order valence-electron chi connectivity index (χ4n) is 4.65. The molecule has 0 saturated carbocycles. The van der Waals surface area contributed by atoms with Gasteiger partial charge in [-0.15, -0.1) is 0 Å². The summed E-state index contributed by atoms with van der Waals surface area (Å²) in [6.45, 7) is 2.17. The predicted octanol–water partition coefficient (Wildman–Crippen LogP) is 3.02. The molecule has 2 N–H and O–H groups in total. The highest BCUT2D eigenvalue weighted by atomic mass is 16.3. The molecule has 8 nitrogen and oxygen atoms in total. The lowest BCUT2D eigenvalue weighted by Gasteiger charge is -2.42. The number of amides is 3. The maximum atomic E-state index is 12.9. The van der Waals surface area contributed by atoms with Crippen molar-refractivity contribution in [2.45, 2.75) is 25.4 Å². The Hall–Kier alpha value is -3.81. The van der Waals surface area contributed by atoms with E-state index in [-0.39, 0.29) is 29.3 Å². The van der Waals surface area contributed by atoms with Crippen LogP contribution in [0.1, 0.15) is 34.2 Å². The highest BCUT2D eigenvalue weighted by Crippen LogP contribution is 2.35. The summed E-state index contributed by atoms with van der Waals surface area (Å²) in [5.74, 6) is 0.910. The van der Waals surface area contributed by atoms with E-state index in [4.69, 9.17) is 4.42 Å². The van der Waals surface area contributed by atoms with Crippen molar-refractivity contribution in [3.05, 3.63) is 88.2 Å². The number of aromatic nitrogens is 1. The first kappa shape index (κ1) is 20.1. The smallest absolute Gasteiger partial charge is 0.321 e. The zero-order chi connectivity index (χ0) is 22.1. The Balaban J connectivity index is 1.20. The zero-order valence-corrected chi connectivity index (χ0v) is 17.5. The van der Waals surface area contributed by atoms with Crippen LogP contribution < -0.4 is 16.2 Å². The van der Waals surface area contributed by atoms with Crippen LogP contribution in [0, 0.1) is 5.92 Å². The van der Waals surface area contributed by atoms with Crippen molar-refractivity contribution in [3.8, 4) is 0 Å². The van der Waals surface area contributed by atoms with Crippen LogP contribution in [-0.2, 0) is 13.1 Å². The van der Waals surface area contributed by atoms with Crippen LogP contribution in [0.5, 0.6) is 0 Å². The summed E-state index contributed by atoms with van der Waals surface area (Å²) in [6.07, 6.45) is 2.56. The summed E-state index contributed by atoms with van der Waals surface area (Å²) in [4.78, 5) is 39.2. The molecule has 0 spiro atoms. The lowest BCUT2D eigenvalue weighted by atomic mass is 9.83. The molecule has 164 valence electrons. The number of fused-ring (bicyclic) bond motifs is 4. The van der Waals surface area contributed by atoms with Crippen LogP contribution in [0.25, 0.3) is 0 Å². The summed E-state index contributed by atoms with van der Waals surface area (Å²) in [5.41, 5.74) is 2.17. The number of furan rings is 1. The van der Waals surface area contributed by atoms with E-state index >= 15 is 0 Å². The minimum Gasteiger partial charge on any atom is -0.467 e. The fraction of sp³-hybridized carbons (Fsp3) is 0.292. The quantitative estimate of drug-likeness (QED) is 0.662. The van der Waals surface area contributed by atoms with Gasteiger partial charge in [0.2, 0.25) is 0 Å². The van der Waals surface area contributed by atoms with Gasteiger partial charge < -0.3 is 24.5 Å². The molecular formula is C24H24N4O4. The first-order chi connectivity index (χ1) is 15.6. The van der Waals surface area contributed by atoms with Gasteiger partial charge in [-0.25, -0.2) is 4.79 Å². The Bertz CT molecular complexity index is 1180. The number of pyridine rings is 1. The van der Waals surface area contributed by atoms with Gasteiger partial charge >= 0.3 is 6.03 Å².